The van der Waals surface area contributed by atoms with Gasteiger partial charge in [-0.25, -0.2) is 0 Å². The third-order valence-corrected chi connectivity index (χ3v) is 4.87. The minimum atomic E-state index is 0.158. The van der Waals surface area contributed by atoms with Crippen molar-refractivity contribution in [3.63, 3.8) is 0 Å². The van der Waals surface area contributed by atoms with Crippen molar-refractivity contribution in [2.75, 3.05) is 27.2 Å². The number of carbonyl (C=O) groups is 1. The Morgan fingerprint density at radius 3 is 2.76 bits per heavy atom. The van der Waals surface area contributed by atoms with E-state index in [2.05, 4.69) is 29.2 Å². The highest BCUT2D eigenvalue weighted by Crippen LogP contribution is 2.31. The number of methoxy groups -OCH3 is 1. The number of amides is 1. The van der Waals surface area contributed by atoms with Gasteiger partial charge in [0, 0.05) is 19.6 Å². The van der Waals surface area contributed by atoms with E-state index in [0.29, 0.717) is 19.1 Å². The van der Waals surface area contributed by atoms with E-state index in [-0.39, 0.29) is 5.91 Å². The summed E-state index contributed by atoms with van der Waals surface area (Å²) in [4.78, 5) is 16.8. The van der Waals surface area contributed by atoms with E-state index in [4.69, 9.17) is 4.74 Å². The number of likely N-dealkylation sites (N-methyl/N-ethyl adjacent to an activating group) is 1. The molecule has 1 amide bonds. The Labute approximate surface area is 150 Å². The van der Waals surface area contributed by atoms with Crippen molar-refractivity contribution >= 4 is 5.91 Å². The molecule has 1 unspecified atom stereocenters. The van der Waals surface area contributed by atoms with Crippen LogP contribution in [-0.2, 0) is 11.3 Å². The van der Waals surface area contributed by atoms with Gasteiger partial charge in [0.1, 0.15) is 5.75 Å². The quantitative estimate of drug-likeness (QED) is 0.808. The second-order valence-corrected chi connectivity index (χ2v) is 6.64. The Morgan fingerprint density at radius 2 is 2.00 bits per heavy atom. The molecule has 0 saturated carbocycles. The molecule has 4 heteroatoms. The van der Waals surface area contributed by atoms with E-state index in [0.717, 1.165) is 30.7 Å². The lowest BCUT2D eigenvalue weighted by Gasteiger charge is -2.27. The summed E-state index contributed by atoms with van der Waals surface area (Å²) in [5.74, 6) is 0.979. The monoisotopic (exact) mass is 338 g/mol. The molecule has 0 aliphatic carbocycles. The molecule has 4 nitrogen and oxygen atoms in total. The first-order chi connectivity index (χ1) is 12.2. The highest BCUT2D eigenvalue weighted by atomic mass is 16.5. The van der Waals surface area contributed by atoms with Crippen LogP contribution in [-0.4, -0.2) is 43.0 Å². The predicted molar refractivity (Wildman–Crippen MR) is 99.5 cm³/mol. The van der Waals surface area contributed by atoms with E-state index < -0.39 is 0 Å². The molecule has 2 aromatic rings. The maximum atomic E-state index is 12.7. The van der Waals surface area contributed by atoms with Crippen molar-refractivity contribution in [3.05, 3.63) is 65.7 Å². The Hall–Kier alpha value is -2.33. The van der Waals surface area contributed by atoms with Crippen molar-refractivity contribution in [1.82, 2.24) is 9.80 Å². The van der Waals surface area contributed by atoms with Crippen LogP contribution in [0.1, 0.15) is 30.0 Å². The SMILES string of the molecule is COc1cccc(CN(C)C(=O)CN2CCCC2c2ccccc2)c1. The van der Waals surface area contributed by atoms with Crippen LogP contribution in [0.2, 0.25) is 0 Å². The van der Waals surface area contributed by atoms with Crippen LogP contribution in [0.5, 0.6) is 5.75 Å². The van der Waals surface area contributed by atoms with Crippen molar-refractivity contribution < 1.29 is 9.53 Å². The number of rotatable bonds is 6. The lowest BCUT2D eigenvalue weighted by molar-refractivity contribution is -0.131. The van der Waals surface area contributed by atoms with Crippen LogP contribution in [0, 0.1) is 0 Å². The molecule has 1 saturated heterocycles. The average Bonchev–Trinajstić information content (AvgIpc) is 3.10. The van der Waals surface area contributed by atoms with E-state index in [1.807, 2.05) is 37.4 Å². The molecule has 3 rings (SSSR count). The van der Waals surface area contributed by atoms with Gasteiger partial charge in [-0.3, -0.25) is 9.69 Å². The number of nitrogens with zero attached hydrogens (tertiary/aromatic N) is 2. The first-order valence-corrected chi connectivity index (χ1v) is 8.83. The van der Waals surface area contributed by atoms with E-state index in [9.17, 15) is 4.79 Å². The van der Waals surface area contributed by atoms with Gasteiger partial charge in [-0.15, -0.1) is 0 Å². The van der Waals surface area contributed by atoms with Gasteiger partial charge in [-0.2, -0.15) is 0 Å². The Bertz CT molecular complexity index is 702. The number of likely N-dealkylation sites (tertiary alicyclic amines) is 1. The van der Waals surface area contributed by atoms with Gasteiger partial charge in [-0.05, 0) is 42.6 Å². The number of carbonyl (C=O) groups excluding carboxylic acids is 1. The van der Waals surface area contributed by atoms with E-state index in [1.54, 1.807) is 12.0 Å². The molecule has 1 fully saturated rings. The lowest BCUT2D eigenvalue weighted by atomic mass is 10.0. The van der Waals surface area contributed by atoms with E-state index in [1.165, 1.54) is 5.56 Å². The number of benzene rings is 2. The van der Waals surface area contributed by atoms with Crippen LogP contribution in [0.4, 0.5) is 0 Å². The molecule has 0 radical (unpaired) electrons. The van der Waals surface area contributed by atoms with Crippen LogP contribution in [0.3, 0.4) is 0 Å². The molecule has 0 bridgehead atoms. The first kappa shape index (κ1) is 17.5. The summed E-state index contributed by atoms with van der Waals surface area (Å²) in [5.41, 5.74) is 2.39. The predicted octanol–water partition coefficient (Wildman–Crippen LogP) is 3.49. The number of hydrogen-bond donors (Lipinski definition) is 0. The highest BCUT2D eigenvalue weighted by Gasteiger charge is 2.28. The Morgan fingerprint density at radius 1 is 1.20 bits per heavy atom. The van der Waals surface area contributed by atoms with Crippen molar-refractivity contribution in [2.24, 2.45) is 0 Å². The summed E-state index contributed by atoms with van der Waals surface area (Å²) >= 11 is 0. The summed E-state index contributed by atoms with van der Waals surface area (Å²) in [6.07, 6.45) is 2.27. The molecule has 1 heterocycles. The second kappa shape index (κ2) is 8.17. The summed E-state index contributed by atoms with van der Waals surface area (Å²) in [6.45, 7) is 2.05. The minimum absolute atomic E-state index is 0.158. The molecular weight excluding hydrogens is 312 g/mol. The molecule has 1 atom stereocenters. The maximum Gasteiger partial charge on any atom is 0.236 e. The molecular formula is C21H26N2O2. The first-order valence-electron chi connectivity index (χ1n) is 8.83. The zero-order valence-electron chi connectivity index (χ0n) is 15.0. The normalized spacial score (nSPS) is 17.4. The largest absolute Gasteiger partial charge is 0.497 e. The second-order valence-electron chi connectivity index (χ2n) is 6.64. The van der Waals surface area contributed by atoms with Crippen LogP contribution in [0.25, 0.3) is 0 Å². The number of ether oxygens (including phenoxy) is 1. The molecule has 1 aliphatic heterocycles. The van der Waals surface area contributed by atoms with Crippen molar-refractivity contribution in [3.8, 4) is 5.75 Å². The highest BCUT2D eigenvalue weighted by molar-refractivity contribution is 5.78. The maximum absolute atomic E-state index is 12.7. The third-order valence-electron chi connectivity index (χ3n) is 4.87. The van der Waals surface area contributed by atoms with Gasteiger partial charge in [0.25, 0.3) is 0 Å². The smallest absolute Gasteiger partial charge is 0.236 e. The Kier molecular flexibility index (Phi) is 5.71. The number of hydrogen-bond acceptors (Lipinski definition) is 3. The molecule has 0 aromatic heterocycles. The molecule has 2 aromatic carbocycles. The van der Waals surface area contributed by atoms with Crippen LogP contribution >= 0.6 is 0 Å². The fourth-order valence-electron chi connectivity index (χ4n) is 3.50. The summed E-state index contributed by atoms with van der Waals surface area (Å²) < 4.78 is 5.26. The van der Waals surface area contributed by atoms with Crippen molar-refractivity contribution in [2.45, 2.75) is 25.4 Å². The zero-order chi connectivity index (χ0) is 17.6. The third kappa shape index (κ3) is 4.40. The van der Waals surface area contributed by atoms with Gasteiger partial charge in [0.2, 0.25) is 5.91 Å². The van der Waals surface area contributed by atoms with Crippen LogP contribution in [0.15, 0.2) is 54.6 Å². The molecule has 132 valence electrons. The lowest BCUT2D eigenvalue weighted by Crippen LogP contribution is -2.37. The molecule has 0 N–H and O–H groups in total. The molecule has 0 spiro atoms. The van der Waals surface area contributed by atoms with Crippen LogP contribution < -0.4 is 4.74 Å². The Balaban J connectivity index is 1.60. The topological polar surface area (TPSA) is 32.8 Å². The van der Waals surface area contributed by atoms with E-state index >= 15 is 0 Å². The van der Waals surface area contributed by atoms with Gasteiger partial charge in [0.15, 0.2) is 0 Å². The van der Waals surface area contributed by atoms with Gasteiger partial charge in [-0.1, -0.05) is 42.5 Å². The summed E-state index contributed by atoms with van der Waals surface area (Å²) in [7, 11) is 3.53. The molecule has 1 aliphatic rings. The zero-order valence-corrected chi connectivity index (χ0v) is 15.0. The average molecular weight is 338 g/mol. The summed E-state index contributed by atoms with van der Waals surface area (Å²) in [6, 6.07) is 18.7. The standard InChI is InChI=1S/C21H26N2O2/c1-22(15-17-8-6-11-19(14-17)25-2)21(24)16-23-13-7-12-20(23)18-9-4-3-5-10-18/h3-6,8-11,14,20H,7,12-13,15-16H2,1-2H3. The summed E-state index contributed by atoms with van der Waals surface area (Å²) in [5, 5.41) is 0. The van der Waals surface area contributed by atoms with Gasteiger partial charge < -0.3 is 9.64 Å². The fourth-order valence-corrected chi connectivity index (χ4v) is 3.50. The van der Waals surface area contributed by atoms with Gasteiger partial charge in [0.05, 0.1) is 13.7 Å². The molecule has 25 heavy (non-hydrogen) atoms. The minimum Gasteiger partial charge on any atom is -0.497 e. The van der Waals surface area contributed by atoms with Gasteiger partial charge >= 0.3 is 0 Å². The van der Waals surface area contributed by atoms with Crippen molar-refractivity contribution in [1.29, 1.82) is 0 Å². The fraction of sp³-hybridized carbons (Fsp3) is 0.381.